The van der Waals surface area contributed by atoms with Gasteiger partial charge in [0.2, 0.25) is 5.91 Å². The first kappa shape index (κ1) is 11.6. The molecular formula is C11H16N2O2S. The van der Waals surface area contributed by atoms with Gasteiger partial charge in [0.15, 0.2) is 0 Å². The minimum atomic E-state index is 0.0954. The Morgan fingerprint density at radius 1 is 1.50 bits per heavy atom. The average Bonchev–Trinajstić information content (AvgIpc) is 2.83. The van der Waals surface area contributed by atoms with Crippen LogP contribution in [0.2, 0.25) is 0 Å². The number of thiophene rings is 1. The molecule has 1 aromatic rings. The van der Waals surface area contributed by atoms with Gasteiger partial charge >= 0.3 is 0 Å². The van der Waals surface area contributed by atoms with E-state index in [2.05, 4.69) is 5.32 Å². The molecule has 0 aromatic carbocycles. The summed E-state index contributed by atoms with van der Waals surface area (Å²) in [5, 5.41) is 5.23. The highest BCUT2D eigenvalue weighted by atomic mass is 32.1. The molecule has 1 saturated heterocycles. The summed E-state index contributed by atoms with van der Waals surface area (Å²) in [6.07, 6.45) is 0. The van der Waals surface area contributed by atoms with E-state index >= 15 is 0 Å². The van der Waals surface area contributed by atoms with Crippen LogP contribution in [0.15, 0.2) is 17.5 Å². The summed E-state index contributed by atoms with van der Waals surface area (Å²) in [6.45, 7) is 4.09. The number of hydrogen-bond acceptors (Lipinski definition) is 4. The maximum absolute atomic E-state index is 11.7. The van der Waals surface area contributed by atoms with Crippen molar-refractivity contribution in [1.29, 1.82) is 0 Å². The minimum absolute atomic E-state index is 0.0954. The second kappa shape index (κ2) is 5.98. The third-order valence-corrected chi connectivity index (χ3v) is 3.37. The summed E-state index contributed by atoms with van der Waals surface area (Å²) in [5.74, 6) is 0.0954. The van der Waals surface area contributed by atoms with E-state index in [0.717, 1.165) is 31.1 Å². The molecule has 1 fully saturated rings. The first-order chi connectivity index (χ1) is 7.86. The number of piperazine rings is 1. The van der Waals surface area contributed by atoms with Gasteiger partial charge in [0.1, 0.15) is 6.61 Å². The van der Waals surface area contributed by atoms with Gasteiger partial charge in [-0.3, -0.25) is 4.79 Å². The van der Waals surface area contributed by atoms with Gasteiger partial charge in [-0.2, -0.15) is 0 Å². The van der Waals surface area contributed by atoms with Crippen molar-refractivity contribution in [3.63, 3.8) is 0 Å². The molecule has 1 amide bonds. The van der Waals surface area contributed by atoms with Crippen LogP contribution in [-0.4, -0.2) is 43.6 Å². The van der Waals surface area contributed by atoms with Gasteiger partial charge in [-0.1, -0.05) is 6.07 Å². The fourth-order valence-electron chi connectivity index (χ4n) is 1.64. The van der Waals surface area contributed by atoms with Crippen molar-refractivity contribution in [2.75, 3.05) is 32.8 Å². The lowest BCUT2D eigenvalue weighted by molar-refractivity contribution is -0.137. The smallest absolute Gasteiger partial charge is 0.248 e. The van der Waals surface area contributed by atoms with Gasteiger partial charge in [-0.25, -0.2) is 0 Å². The lowest BCUT2D eigenvalue weighted by Gasteiger charge is -2.27. The Bertz CT molecular complexity index is 321. The highest BCUT2D eigenvalue weighted by Crippen LogP contribution is 2.09. The van der Waals surface area contributed by atoms with Gasteiger partial charge < -0.3 is 15.0 Å². The molecule has 4 nitrogen and oxygen atoms in total. The minimum Gasteiger partial charge on any atom is -0.366 e. The molecule has 1 aliphatic heterocycles. The summed E-state index contributed by atoms with van der Waals surface area (Å²) in [5.41, 5.74) is 0. The molecular weight excluding hydrogens is 224 g/mol. The topological polar surface area (TPSA) is 41.6 Å². The van der Waals surface area contributed by atoms with Crippen molar-refractivity contribution in [3.8, 4) is 0 Å². The maximum atomic E-state index is 11.7. The quantitative estimate of drug-likeness (QED) is 0.842. The molecule has 0 radical (unpaired) electrons. The van der Waals surface area contributed by atoms with E-state index in [1.54, 1.807) is 11.3 Å². The lowest BCUT2D eigenvalue weighted by atomic mass is 10.3. The number of nitrogens with zero attached hydrogens (tertiary/aromatic N) is 1. The van der Waals surface area contributed by atoms with Crippen molar-refractivity contribution in [3.05, 3.63) is 22.4 Å². The standard InChI is InChI=1S/C11H16N2O2S/c14-11(13-5-3-12-4-6-13)9-15-8-10-2-1-7-16-10/h1-2,7,12H,3-6,8-9H2. The largest absolute Gasteiger partial charge is 0.366 e. The number of ether oxygens (including phenoxy) is 1. The van der Waals surface area contributed by atoms with E-state index in [-0.39, 0.29) is 12.5 Å². The molecule has 1 aromatic heterocycles. The molecule has 0 bridgehead atoms. The zero-order valence-corrected chi connectivity index (χ0v) is 9.96. The second-order valence-electron chi connectivity index (χ2n) is 3.70. The van der Waals surface area contributed by atoms with Gasteiger partial charge in [0.25, 0.3) is 0 Å². The van der Waals surface area contributed by atoms with Gasteiger partial charge in [0.05, 0.1) is 6.61 Å². The molecule has 16 heavy (non-hydrogen) atoms. The molecule has 0 atom stereocenters. The number of carbonyl (C=O) groups excluding carboxylic acids is 1. The monoisotopic (exact) mass is 240 g/mol. The molecule has 2 rings (SSSR count). The third-order valence-electron chi connectivity index (χ3n) is 2.52. The van der Waals surface area contributed by atoms with E-state index in [9.17, 15) is 4.79 Å². The Kier molecular flexibility index (Phi) is 4.33. The van der Waals surface area contributed by atoms with E-state index in [1.165, 1.54) is 0 Å². The highest BCUT2D eigenvalue weighted by Gasteiger charge is 2.15. The number of rotatable bonds is 4. The van der Waals surface area contributed by atoms with E-state index in [0.29, 0.717) is 6.61 Å². The van der Waals surface area contributed by atoms with Gasteiger partial charge in [-0.15, -0.1) is 11.3 Å². The summed E-state index contributed by atoms with van der Waals surface area (Å²) in [4.78, 5) is 14.7. The normalized spacial score (nSPS) is 16.4. The number of hydrogen-bond donors (Lipinski definition) is 1. The predicted molar refractivity (Wildman–Crippen MR) is 63.4 cm³/mol. The molecule has 0 saturated carbocycles. The Morgan fingerprint density at radius 3 is 3.00 bits per heavy atom. The summed E-state index contributed by atoms with van der Waals surface area (Å²) in [7, 11) is 0. The zero-order chi connectivity index (χ0) is 11.2. The molecule has 0 aliphatic carbocycles. The van der Waals surface area contributed by atoms with Crippen LogP contribution < -0.4 is 5.32 Å². The molecule has 1 N–H and O–H groups in total. The highest BCUT2D eigenvalue weighted by molar-refractivity contribution is 7.09. The predicted octanol–water partition coefficient (Wildman–Crippen LogP) is 0.697. The molecule has 2 heterocycles. The summed E-state index contributed by atoms with van der Waals surface area (Å²) >= 11 is 1.65. The average molecular weight is 240 g/mol. The first-order valence-corrected chi connectivity index (χ1v) is 6.33. The van der Waals surface area contributed by atoms with Crippen LogP contribution in [-0.2, 0) is 16.1 Å². The number of amides is 1. The first-order valence-electron chi connectivity index (χ1n) is 5.45. The maximum Gasteiger partial charge on any atom is 0.248 e. The number of nitrogens with one attached hydrogen (secondary N) is 1. The lowest BCUT2D eigenvalue weighted by Crippen LogP contribution is -2.47. The fraction of sp³-hybridized carbons (Fsp3) is 0.545. The van der Waals surface area contributed by atoms with Crippen LogP contribution in [0.3, 0.4) is 0 Å². The third kappa shape index (κ3) is 3.30. The van der Waals surface area contributed by atoms with Gasteiger partial charge in [-0.05, 0) is 11.4 Å². The molecule has 5 heteroatoms. The van der Waals surface area contributed by atoms with Crippen LogP contribution in [0.5, 0.6) is 0 Å². The Balaban J connectivity index is 1.67. The van der Waals surface area contributed by atoms with E-state index in [4.69, 9.17) is 4.74 Å². The Hall–Kier alpha value is -0.910. The van der Waals surface area contributed by atoms with Crippen LogP contribution in [0.1, 0.15) is 4.88 Å². The van der Waals surface area contributed by atoms with Crippen LogP contribution in [0.4, 0.5) is 0 Å². The Labute approximate surface area is 99.2 Å². The van der Waals surface area contributed by atoms with E-state index in [1.807, 2.05) is 22.4 Å². The molecule has 0 spiro atoms. The molecule has 0 unspecified atom stereocenters. The number of carbonyl (C=O) groups is 1. The fourth-order valence-corrected chi connectivity index (χ4v) is 2.28. The van der Waals surface area contributed by atoms with Crippen LogP contribution in [0.25, 0.3) is 0 Å². The van der Waals surface area contributed by atoms with Crippen LogP contribution in [0, 0.1) is 0 Å². The van der Waals surface area contributed by atoms with Crippen LogP contribution >= 0.6 is 11.3 Å². The molecule has 1 aliphatic rings. The summed E-state index contributed by atoms with van der Waals surface area (Å²) in [6, 6.07) is 4.00. The second-order valence-corrected chi connectivity index (χ2v) is 4.74. The van der Waals surface area contributed by atoms with Gasteiger partial charge in [0, 0.05) is 31.1 Å². The summed E-state index contributed by atoms with van der Waals surface area (Å²) < 4.78 is 5.39. The van der Waals surface area contributed by atoms with Crippen molar-refractivity contribution >= 4 is 17.2 Å². The zero-order valence-electron chi connectivity index (χ0n) is 9.15. The van der Waals surface area contributed by atoms with Crippen molar-refractivity contribution in [2.45, 2.75) is 6.61 Å². The SMILES string of the molecule is O=C(COCc1cccs1)N1CCNCC1. The van der Waals surface area contributed by atoms with Crippen molar-refractivity contribution < 1.29 is 9.53 Å². The van der Waals surface area contributed by atoms with Crippen molar-refractivity contribution in [2.24, 2.45) is 0 Å². The Morgan fingerprint density at radius 2 is 2.31 bits per heavy atom. The van der Waals surface area contributed by atoms with E-state index < -0.39 is 0 Å². The molecule has 88 valence electrons. The van der Waals surface area contributed by atoms with Crippen molar-refractivity contribution in [1.82, 2.24) is 10.2 Å².